The summed E-state index contributed by atoms with van der Waals surface area (Å²) in [7, 11) is 0. The van der Waals surface area contributed by atoms with Crippen molar-refractivity contribution in [3.63, 3.8) is 0 Å². The lowest BCUT2D eigenvalue weighted by Crippen LogP contribution is -2.27. The number of carbonyl (C=O) groups is 3. The minimum Gasteiger partial charge on any atom is -0.508 e. The molecule has 6 N–H and O–H groups in total. The molecule has 0 aliphatic rings. The van der Waals surface area contributed by atoms with Gasteiger partial charge in [-0.3, -0.25) is 0 Å². The van der Waals surface area contributed by atoms with E-state index in [2.05, 4.69) is 0 Å². The van der Waals surface area contributed by atoms with Gasteiger partial charge in [-0.05, 0) is 23.8 Å². The number of benzene rings is 3. The van der Waals surface area contributed by atoms with Crippen molar-refractivity contribution < 1.29 is 45.0 Å². The lowest BCUT2D eigenvalue weighted by Gasteiger charge is -2.34. The highest BCUT2D eigenvalue weighted by Crippen LogP contribution is 2.50. The second kappa shape index (κ2) is 11.0. The van der Waals surface area contributed by atoms with Gasteiger partial charge < -0.3 is 30.6 Å². The van der Waals surface area contributed by atoms with Gasteiger partial charge in [0, 0.05) is 28.8 Å². The van der Waals surface area contributed by atoms with Gasteiger partial charge in [0.1, 0.15) is 17.2 Å². The standard InChI is InChI=1S/C28H22O9/c29-20-10-4-1-7-17(20)25(27(36)37)26(18-8-2-5-11-21(18)30)28(15-13-23(32)33,16-14-24(34)35)19-9-3-6-12-22(19)31/h1-16,29-31H,(H,32,33)(H,34,35)(H,36,37). The molecule has 0 radical (unpaired) electrons. The third-order valence-corrected chi connectivity index (χ3v) is 5.55. The molecule has 37 heavy (non-hydrogen) atoms. The highest BCUT2D eigenvalue weighted by molar-refractivity contribution is 6.26. The molecule has 0 amide bonds. The summed E-state index contributed by atoms with van der Waals surface area (Å²) in [5.41, 5.74) is -3.37. The van der Waals surface area contributed by atoms with Crippen molar-refractivity contribution in [1.29, 1.82) is 0 Å². The predicted molar refractivity (Wildman–Crippen MR) is 134 cm³/mol. The van der Waals surface area contributed by atoms with Crippen LogP contribution in [0.3, 0.4) is 0 Å². The molecule has 0 fully saturated rings. The van der Waals surface area contributed by atoms with Crippen LogP contribution in [0, 0.1) is 0 Å². The third kappa shape index (κ3) is 5.51. The minimum absolute atomic E-state index is 0.0857. The number of para-hydroxylation sites is 3. The Bertz CT molecular complexity index is 1420. The zero-order chi connectivity index (χ0) is 27.2. The van der Waals surface area contributed by atoms with Crippen LogP contribution in [0.2, 0.25) is 0 Å². The molecular weight excluding hydrogens is 480 g/mol. The zero-order valence-corrected chi connectivity index (χ0v) is 19.1. The van der Waals surface area contributed by atoms with Gasteiger partial charge in [0.05, 0.1) is 11.0 Å². The quantitative estimate of drug-likeness (QED) is 0.187. The molecule has 0 heterocycles. The van der Waals surface area contributed by atoms with Crippen LogP contribution in [-0.2, 0) is 19.8 Å². The normalized spacial score (nSPS) is 13.7. The molecule has 0 spiro atoms. The molecule has 3 rings (SSSR count). The Morgan fingerprint density at radius 1 is 0.595 bits per heavy atom. The van der Waals surface area contributed by atoms with Crippen LogP contribution in [0.15, 0.2) is 97.1 Å². The number of aliphatic carboxylic acids is 3. The van der Waals surface area contributed by atoms with E-state index in [0.29, 0.717) is 12.2 Å². The van der Waals surface area contributed by atoms with Crippen molar-refractivity contribution >= 4 is 29.1 Å². The van der Waals surface area contributed by atoms with Gasteiger partial charge in [-0.15, -0.1) is 0 Å². The van der Waals surface area contributed by atoms with Gasteiger partial charge in [-0.25, -0.2) is 14.4 Å². The molecule has 0 aromatic heterocycles. The first-order valence-corrected chi connectivity index (χ1v) is 10.8. The number of rotatable bonds is 9. The summed E-state index contributed by atoms with van der Waals surface area (Å²) < 4.78 is 0. The maximum absolute atomic E-state index is 12.8. The summed E-state index contributed by atoms with van der Waals surface area (Å²) in [4.78, 5) is 36.1. The van der Waals surface area contributed by atoms with Crippen molar-refractivity contribution in [2.24, 2.45) is 0 Å². The van der Waals surface area contributed by atoms with Crippen LogP contribution in [-0.4, -0.2) is 48.5 Å². The van der Waals surface area contributed by atoms with Crippen LogP contribution < -0.4 is 0 Å². The van der Waals surface area contributed by atoms with Crippen LogP contribution >= 0.6 is 0 Å². The fraction of sp³-hybridized carbons (Fsp3) is 0.0357. The molecule has 9 nitrogen and oxygen atoms in total. The second-order valence-corrected chi connectivity index (χ2v) is 7.82. The Morgan fingerprint density at radius 2 is 1.03 bits per heavy atom. The van der Waals surface area contributed by atoms with Crippen molar-refractivity contribution in [2.45, 2.75) is 5.41 Å². The molecule has 3 aromatic carbocycles. The van der Waals surface area contributed by atoms with Gasteiger partial charge in [0.2, 0.25) is 0 Å². The van der Waals surface area contributed by atoms with E-state index >= 15 is 0 Å². The number of carboxylic acids is 3. The fourth-order valence-corrected chi connectivity index (χ4v) is 4.06. The summed E-state index contributed by atoms with van der Waals surface area (Å²) in [6.45, 7) is 0. The monoisotopic (exact) mass is 502 g/mol. The topological polar surface area (TPSA) is 173 Å². The Kier molecular flexibility index (Phi) is 7.79. The lowest BCUT2D eigenvalue weighted by atomic mass is 9.68. The second-order valence-electron chi connectivity index (χ2n) is 7.82. The highest BCUT2D eigenvalue weighted by Gasteiger charge is 2.40. The molecule has 0 unspecified atom stereocenters. The number of hydrogen-bond donors (Lipinski definition) is 6. The summed E-state index contributed by atoms with van der Waals surface area (Å²) in [5.74, 6) is -5.74. The van der Waals surface area contributed by atoms with E-state index in [-0.39, 0.29) is 22.3 Å². The summed E-state index contributed by atoms with van der Waals surface area (Å²) in [6.07, 6.45) is 3.36. The molecule has 188 valence electrons. The first kappa shape index (κ1) is 26.3. The van der Waals surface area contributed by atoms with Crippen LogP contribution in [0.25, 0.3) is 11.1 Å². The maximum Gasteiger partial charge on any atom is 0.336 e. The van der Waals surface area contributed by atoms with Gasteiger partial charge in [-0.1, -0.05) is 66.7 Å². The van der Waals surface area contributed by atoms with Gasteiger partial charge in [-0.2, -0.15) is 0 Å². The van der Waals surface area contributed by atoms with Crippen LogP contribution in [0.5, 0.6) is 17.2 Å². The molecule has 0 saturated carbocycles. The number of phenolic OH excluding ortho intramolecular Hbond substituents is 3. The summed E-state index contributed by atoms with van der Waals surface area (Å²) in [5, 5.41) is 61.6. The summed E-state index contributed by atoms with van der Waals surface area (Å²) in [6, 6.07) is 16.6. The maximum atomic E-state index is 12.8. The molecular formula is C28H22O9. The van der Waals surface area contributed by atoms with Gasteiger partial charge in [0.15, 0.2) is 0 Å². The minimum atomic E-state index is -2.09. The molecule has 0 saturated heterocycles. The van der Waals surface area contributed by atoms with E-state index in [1.165, 1.54) is 72.8 Å². The number of phenols is 3. The Morgan fingerprint density at radius 3 is 1.46 bits per heavy atom. The van der Waals surface area contributed by atoms with Crippen molar-refractivity contribution in [1.82, 2.24) is 0 Å². The van der Waals surface area contributed by atoms with Gasteiger partial charge >= 0.3 is 17.9 Å². The largest absolute Gasteiger partial charge is 0.508 e. The molecule has 0 bridgehead atoms. The fourth-order valence-electron chi connectivity index (χ4n) is 4.06. The Balaban J connectivity index is 2.73. The lowest BCUT2D eigenvalue weighted by molar-refractivity contribution is -0.132. The van der Waals surface area contributed by atoms with Crippen molar-refractivity contribution in [3.8, 4) is 17.2 Å². The predicted octanol–water partition coefficient (Wildman–Crippen LogP) is 4.02. The molecule has 0 aliphatic heterocycles. The summed E-state index contributed by atoms with van der Waals surface area (Å²) >= 11 is 0. The first-order chi connectivity index (χ1) is 17.6. The average molecular weight is 502 g/mol. The zero-order valence-electron chi connectivity index (χ0n) is 19.1. The van der Waals surface area contributed by atoms with E-state index in [0.717, 1.165) is 12.2 Å². The number of aromatic hydroxyl groups is 3. The van der Waals surface area contributed by atoms with E-state index in [1.54, 1.807) is 0 Å². The van der Waals surface area contributed by atoms with Crippen molar-refractivity contribution in [3.05, 3.63) is 114 Å². The molecule has 0 aliphatic carbocycles. The number of hydrogen-bond acceptors (Lipinski definition) is 6. The SMILES string of the molecule is O=C(O)C=CC(C=CC(=O)O)(C(=C(C(=O)O)c1ccccc1O)c1ccccc1O)c1ccccc1O. The van der Waals surface area contributed by atoms with Crippen LogP contribution in [0.1, 0.15) is 16.7 Å². The number of allylic oxidation sites excluding steroid dienone is 3. The van der Waals surface area contributed by atoms with Crippen molar-refractivity contribution in [2.75, 3.05) is 0 Å². The molecule has 0 atom stereocenters. The van der Waals surface area contributed by atoms with Gasteiger partial charge in [0.25, 0.3) is 0 Å². The van der Waals surface area contributed by atoms with E-state index in [1.807, 2.05) is 0 Å². The number of carboxylic acid groups (broad SMARTS) is 3. The molecule has 3 aromatic rings. The smallest absolute Gasteiger partial charge is 0.336 e. The Labute approximate surface area is 210 Å². The van der Waals surface area contributed by atoms with Crippen LogP contribution in [0.4, 0.5) is 0 Å². The van der Waals surface area contributed by atoms with E-state index in [4.69, 9.17) is 0 Å². The van der Waals surface area contributed by atoms with E-state index < -0.39 is 46.1 Å². The van der Waals surface area contributed by atoms with E-state index in [9.17, 15) is 45.0 Å². The Hall–Kier alpha value is -5.31. The average Bonchev–Trinajstić information content (AvgIpc) is 2.85. The third-order valence-electron chi connectivity index (χ3n) is 5.55. The highest BCUT2D eigenvalue weighted by atomic mass is 16.4. The molecule has 9 heteroatoms. The first-order valence-electron chi connectivity index (χ1n) is 10.8.